The van der Waals surface area contributed by atoms with Gasteiger partial charge in [0.1, 0.15) is 17.1 Å². The van der Waals surface area contributed by atoms with Crippen LogP contribution in [-0.4, -0.2) is 23.7 Å². The molecule has 0 aliphatic rings. The third-order valence-electron chi connectivity index (χ3n) is 2.82. The predicted octanol–water partition coefficient (Wildman–Crippen LogP) is 3.44. The molecule has 0 unspecified atom stereocenters. The van der Waals surface area contributed by atoms with Gasteiger partial charge in [0.25, 0.3) is 0 Å². The van der Waals surface area contributed by atoms with Crippen molar-refractivity contribution < 1.29 is 24.2 Å². The molecule has 0 saturated heterocycles. The molecule has 2 aromatic carbocycles. The van der Waals surface area contributed by atoms with E-state index in [1.54, 1.807) is 24.3 Å². The maximum atomic E-state index is 11.8. The molecule has 22 heavy (non-hydrogen) atoms. The number of esters is 1. The maximum Gasteiger partial charge on any atom is 0.349 e. The van der Waals surface area contributed by atoms with E-state index >= 15 is 0 Å². The van der Waals surface area contributed by atoms with Crippen LogP contribution in [0.4, 0.5) is 0 Å². The Kier molecular flexibility index (Phi) is 5.16. The van der Waals surface area contributed by atoms with Crippen molar-refractivity contribution in [1.29, 1.82) is 0 Å². The largest absolute Gasteiger partial charge is 0.482 e. The number of rotatable bonds is 5. The molecule has 0 fully saturated rings. The summed E-state index contributed by atoms with van der Waals surface area (Å²) < 4.78 is 11.3. The third-order valence-corrected chi connectivity index (χ3v) is 3.32. The first-order valence-electron chi connectivity index (χ1n) is 6.39. The molecule has 0 atom stereocenters. The Morgan fingerprint density at radius 3 is 2.55 bits per heavy atom. The highest BCUT2D eigenvalue weighted by molar-refractivity contribution is 9.10. The lowest BCUT2D eigenvalue weighted by Crippen LogP contribution is -2.19. The van der Waals surface area contributed by atoms with E-state index in [2.05, 4.69) is 15.9 Å². The van der Waals surface area contributed by atoms with Crippen molar-refractivity contribution in [2.24, 2.45) is 0 Å². The lowest BCUT2D eigenvalue weighted by molar-refractivity contribution is -0.136. The Labute approximate surface area is 135 Å². The number of carbonyl (C=O) groups is 2. The number of aromatic carboxylic acids is 1. The number of hydrogen-bond acceptors (Lipinski definition) is 4. The van der Waals surface area contributed by atoms with Crippen LogP contribution in [0.3, 0.4) is 0 Å². The first-order chi connectivity index (χ1) is 10.5. The molecule has 0 amide bonds. The van der Waals surface area contributed by atoms with Crippen LogP contribution in [0.1, 0.15) is 15.9 Å². The van der Waals surface area contributed by atoms with Crippen LogP contribution in [0.15, 0.2) is 46.9 Å². The molecular formula is C16H13BrO5. The van der Waals surface area contributed by atoms with Gasteiger partial charge in [0.05, 0.1) is 0 Å². The lowest BCUT2D eigenvalue weighted by Gasteiger charge is -2.10. The monoisotopic (exact) mass is 364 g/mol. The third kappa shape index (κ3) is 4.08. The highest BCUT2D eigenvalue weighted by Crippen LogP contribution is 2.22. The van der Waals surface area contributed by atoms with Crippen molar-refractivity contribution in [3.8, 4) is 11.5 Å². The van der Waals surface area contributed by atoms with Crippen molar-refractivity contribution in [2.75, 3.05) is 6.61 Å². The molecule has 1 N–H and O–H groups in total. The van der Waals surface area contributed by atoms with Crippen LogP contribution in [0.5, 0.6) is 11.5 Å². The minimum atomic E-state index is -1.16. The first-order valence-corrected chi connectivity index (χ1v) is 7.18. The molecule has 0 aliphatic heterocycles. The fourth-order valence-electron chi connectivity index (χ4n) is 1.80. The summed E-state index contributed by atoms with van der Waals surface area (Å²) in [6.07, 6.45) is 0. The van der Waals surface area contributed by atoms with E-state index in [-0.39, 0.29) is 17.9 Å². The molecular weight excluding hydrogens is 352 g/mol. The number of ether oxygens (including phenoxy) is 2. The number of carbonyl (C=O) groups excluding carboxylic acids is 1. The average molecular weight is 365 g/mol. The average Bonchev–Trinajstić information content (AvgIpc) is 2.46. The molecule has 0 heterocycles. The van der Waals surface area contributed by atoms with Crippen molar-refractivity contribution >= 4 is 27.9 Å². The van der Waals surface area contributed by atoms with Crippen LogP contribution in [0.2, 0.25) is 0 Å². The Hall–Kier alpha value is -2.34. The first kappa shape index (κ1) is 16.0. The Morgan fingerprint density at radius 2 is 1.86 bits per heavy atom. The van der Waals surface area contributed by atoms with E-state index in [1.807, 2.05) is 13.0 Å². The normalized spacial score (nSPS) is 10.1. The molecule has 0 bridgehead atoms. The van der Waals surface area contributed by atoms with E-state index in [1.165, 1.54) is 12.1 Å². The van der Waals surface area contributed by atoms with Gasteiger partial charge < -0.3 is 14.6 Å². The van der Waals surface area contributed by atoms with E-state index in [4.69, 9.17) is 14.6 Å². The standard InChI is InChI=1S/C16H13BrO5/c1-10-8-11(17)6-7-13(10)21-9-15(18)22-14-5-3-2-4-12(14)16(19)20/h2-8H,9H2,1H3,(H,19,20). The molecule has 0 radical (unpaired) electrons. The van der Waals surface area contributed by atoms with Gasteiger partial charge in [-0.25, -0.2) is 9.59 Å². The van der Waals surface area contributed by atoms with Crippen molar-refractivity contribution in [3.05, 3.63) is 58.1 Å². The van der Waals surface area contributed by atoms with Gasteiger partial charge in [0, 0.05) is 4.47 Å². The van der Waals surface area contributed by atoms with Crippen LogP contribution in [0, 0.1) is 6.92 Å². The molecule has 6 heteroatoms. The van der Waals surface area contributed by atoms with Crippen molar-refractivity contribution in [2.45, 2.75) is 6.92 Å². The SMILES string of the molecule is Cc1cc(Br)ccc1OCC(=O)Oc1ccccc1C(=O)O. The second kappa shape index (κ2) is 7.09. The molecule has 2 rings (SSSR count). The fraction of sp³-hybridized carbons (Fsp3) is 0.125. The summed E-state index contributed by atoms with van der Waals surface area (Å²) in [5.41, 5.74) is 0.795. The quantitative estimate of drug-likeness (QED) is 0.649. The zero-order valence-corrected chi connectivity index (χ0v) is 13.3. The van der Waals surface area contributed by atoms with Crippen LogP contribution < -0.4 is 9.47 Å². The Morgan fingerprint density at radius 1 is 1.14 bits per heavy atom. The second-order valence-corrected chi connectivity index (χ2v) is 5.39. The highest BCUT2D eigenvalue weighted by atomic mass is 79.9. The zero-order valence-electron chi connectivity index (χ0n) is 11.7. The topological polar surface area (TPSA) is 72.8 Å². The van der Waals surface area contributed by atoms with Crippen LogP contribution >= 0.6 is 15.9 Å². The lowest BCUT2D eigenvalue weighted by atomic mass is 10.2. The molecule has 114 valence electrons. The summed E-state index contributed by atoms with van der Waals surface area (Å²) in [5.74, 6) is -1.27. The van der Waals surface area contributed by atoms with Gasteiger partial charge in [-0.2, -0.15) is 0 Å². The molecule has 0 saturated carbocycles. The summed E-state index contributed by atoms with van der Waals surface area (Å²) in [7, 11) is 0. The second-order valence-electron chi connectivity index (χ2n) is 4.47. The summed E-state index contributed by atoms with van der Waals surface area (Å²) in [5, 5.41) is 9.02. The minimum Gasteiger partial charge on any atom is -0.482 e. The van der Waals surface area contributed by atoms with E-state index < -0.39 is 11.9 Å². The summed E-state index contributed by atoms with van der Waals surface area (Å²) >= 11 is 3.34. The number of benzene rings is 2. The smallest absolute Gasteiger partial charge is 0.349 e. The number of carboxylic acid groups (broad SMARTS) is 1. The zero-order chi connectivity index (χ0) is 16.1. The van der Waals surface area contributed by atoms with Crippen molar-refractivity contribution in [3.63, 3.8) is 0 Å². The van der Waals surface area contributed by atoms with E-state index in [0.29, 0.717) is 5.75 Å². The van der Waals surface area contributed by atoms with Crippen molar-refractivity contribution in [1.82, 2.24) is 0 Å². The summed E-state index contributed by atoms with van der Waals surface area (Å²) in [4.78, 5) is 22.8. The van der Waals surface area contributed by atoms with Gasteiger partial charge in [-0.05, 0) is 42.8 Å². The number of para-hydroxylation sites is 1. The fourth-order valence-corrected chi connectivity index (χ4v) is 2.27. The van der Waals surface area contributed by atoms with Crippen LogP contribution in [-0.2, 0) is 4.79 Å². The number of aryl methyl sites for hydroxylation is 1. The van der Waals surface area contributed by atoms with E-state index in [9.17, 15) is 9.59 Å². The molecule has 0 spiro atoms. The Bertz CT molecular complexity index is 711. The molecule has 0 aliphatic carbocycles. The highest BCUT2D eigenvalue weighted by Gasteiger charge is 2.14. The number of hydrogen-bond donors (Lipinski definition) is 1. The van der Waals surface area contributed by atoms with Gasteiger partial charge in [-0.15, -0.1) is 0 Å². The number of halogens is 1. The van der Waals surface area contributed by atoms with Gasteiger partial charge >= 0.3 is 11.9 Å². The molecule has 0 aromatic heterocycles. The summed E-state index contributed by atoms with van der Waals surface area (Å²) in [6, 6.07) is 11.3. The van der Waals surface area contributed by atoms with E-state index in [0.717, 1.165) is 10.0 Å². The Balaban J connectivity index is 2.00. The predicted molar refractivity (Wildman–Crippen MR) is 83.4 cm³/mol. The molecule has 2 aromatic rings. The van der Waals surface area contributed by atoms with Gasteiger partial charge in [0.15, 0.2) is 6.61 Å². The van der Waals surface area contributed by atoms with Gasteiger partial charge in [0.2, 0.25) is 0 Å². The van der Waals surface area contributed by atoms with Gasteiger partial charge in [-0.1, -0.05) is 28.1 Å². The minimum absolute atomic E-state index is 0.00359. The van der Waals surface area contributed by atoms with Gasteiger partial charge in [-0.3, -0.25) is 0 Å². The van der Waals surface area contributed by atoms with Crippen LogP contribution in [0.25, 0.3) is 0 Å². The molecule has 5 nitrogen and oxygen atoms in total. The number of carboxylic acids is 1. The maximum absolute atomic E-state index is 11.8. The summed E-state index contributed by atoms with van der Waals surface area (Å²) in [6.45, 7) is 1.54.